The zero-order chi connectivity index (χ0) is 13.0. The summed E-state index contributed by atoms with van der Waals surface area (Å²) >= 11 is 1.52. The highest BCUT2D eigenvalue weighted by molar-refractivity contribution is 7.99. The number of benzene rings is 2. The number of carboxylic acid groups (broad SMARTS) is 1. The molecule has 0 spiro atoms. The lowest BCUT2D eigenvalue weighted by molar-refractivity contribution is 0.0696. The standard InChI is InChI=1S/C14H12O3S/c1-17-11-5-7-12(8-6-11)18-13-4-2-3-10(9-13)14(15)16/h2-9H,1H3,(H,15,16). The molecule has 0 bridgehead atoms. The van der Waals surface area contributed by atoms with Crippen LogP contribution in [0, 0.1) is 0 Å². The number of carboxylic acids is 1. The van der Waals surface area contributed by atoms with Gasteiger partial charge in [-0.05, 0) is 42.5 Å². The molecule has 0 saturated heterocycles. The van der Waals surface area contributed by atoms with Gasteiger partial charge in [0, 0.05) is 9.79 Å². The molecule has 2 aromatic carbocycles. The Morgan fingerprint density at radius 3 is 2.44 bits per heavy atom. The molecule has 0 heterocycles. The van der Waals surface area contributed by atoms with Gasteiger partial charge in [0.15, 0.2) is 0 Å². The number of ether oxygens (including phenoxy) is 1. The van der Waals surface area contributed by atoms with Crippen molar-refractivity contribution in [2.45, 2.75) is 9.79 Å². The molecule has 1 N–H and O–H groups in total. The van der Waals surface area contributed by atoms with Crippen LogP contribution in [0.4, 0.5) is 0 Å². The van der Waals surface area contributed by atoms with Crippen LogP contribution in [0.5, 0.6) is 5.75 Å². The number of aromatic carboxylic acids is 1. The van der Waals surface area contributed by atoms with Crippen LogP contribution in [0.1, 0.15) is 10.4 Å². The average molecular weight is 260 g/mol. The van der Waals surface area contributed by atoms with Crippen molar-refractivity contribution in [3.63, 3.8) is 0 Å². The zero-order valence-corrected chi connectivity index (χ0v) is 10.6. The van der Waals surface area contributed by atoms with E-state index in [9.17, 15) is 4.79 Å². The van der Waals surface area contributed by atoms with Crippen molar-refractivity contribution in [2.24, 2.45) is 0 Å². The number of carbonyl (C=O) groups is 1. The third-order valence-corrected chi connectivity index (χ3v) is 3.37. The van der Waals surface area contributed by atoms with Gasteiger partial charge in [0.05, 0.1) is 12.7 Å². The number of rotatable bonds is 4. The summed E-state index contributed by atoms with van der Waals surface area (Å²) in [6, 6.07) is 14.5. The van der Waals surface area contributed by atoms with Gasteiger partial charge < -0.3 is 9.84 Å². The summed E-state index contributed by atoms with van der Waals surface area (Å²) in [5.74, 6) is -0.106. The van der Waals surface area contributed by atoms with Crippen LogP contribution in [-0.2, 0) is 0 Å². The van der Waals surface area contributed by atoms with Crippen LogP contribution >= 0.6 is 11.8 Å². The zero-order valence-electron chi connectivity index (χ0n) is 9.79. The van der Waals surface area contributed by atoms with Crippen molar-refractivity contribution in [1.82, 2.24) is 0 Å². The normalized spacial score (nSPS) is 10.1. The van der Waals surface area contributed by atoms with Crippen molar-refractivity contribution in [1.29, 1.82) is 0 Å². The Hall–Kier alpha value is -1.94. The minimum Gasteiger partial charge on any atom is -0.497 e. The fraction of sp³-hybridized carbons (Fsp3) is 0.0714. The third-order valence-electron chi connectivity index (χ3n) is 2.38. The molecule has 2 aromatic rings. The molecule has 0 saturated carbocycles. The first-order valence-corrected chi connectivity index (χ1v) is 6.16. The molecule has 0 radical (unpaired) electrons. The topological polar surface area (TPSA) is 46.5 Å². The van der Waals surface area contributed by atoms with Gasteiger partial charge in [0.2, 0.25) is 0 Å². The molecule has 3 nitrogen and oxygen atoms in total. The highest BCUT2D eigenvalue weighted by Crippen LogP contribution is 2.29. The first-order valence-electron chi connectivity index (χ1n) is 5.34. The summed E-state index contributed by atoms with van der Waals surface area (Å²) in [5, 5.41) is 8.92. The number of methoxy groups -OCH3 is 1. The number of hydrogen-bond acceptors (Lipinski definition) is 3. The van der Waals surface area contributed by atoms with Gasteiger partial charge in [0.25, 0.3) is 0 Å². The highest BCUT2D eigenvalue weighted by atomic mass is 32.2. The van der Waals surface area contributed by atoms with Gasteiger partial charge in [-0.1, -0.05) is 17.8 Å². The average Bonchev–Trinajstić information content (AvgIpc) is 2.40. The van der Waals surface area contributed by atoms with Gasteiger partial charge in [-0.15, -0.1) is 0 Å². The Morgan fingerprint density at radius 1 is 1.11 bits per heavy atom. The van der Waals surface area contributed by atoms with E-state index in [2.05, 4.69) is 0 Å². The van der Waals surface area contributed by atoms with Crippen molar-refractivity contribution < 1.29 is 14.6 Å². The molecule has 0 aliphatic heterocycles. The second-order valence-corrected chi connectivity index (χ2v) is 4.76. The monoisotopic (exact) mass is 260 g/mol. The Kier molecular flexibility index (Phi) is 3.89. The lowest BCUT2D eigenvalue weighted by Gasteiger charge is -2.04. The molecule has 4 heteroatoms. The van der Waals surface area contributed by atoms with Crippen LogP contribution in [0.2, 0.25) is 0 Å². The molecule has 0 unspecified atom stereocenters. The van der Waals surface area contributed by atoms with Crippen LogP contribution < -0.4 is 4.74 Å². The summed E-state index contributed by atoms with van der Waals surface area (Å²) in [7, 11) is 1.62. The highest BCUT2D eigenvalue weighted by Gasteiger charge is 2.04. The van der Waals surface area contributed by atoms with E-state index >= 15 is 0 Å². The fourth-order valence-electron chi connectivity index (χ4n) is 1.47. The molecule has 2 rings (SSSR count). The van der Waals surface area contributed by atoms with Crippen LogP contribution in [0.25, 0.3) is 0 Å². The van der Waals surface area contributed by atoms with E-state index in [1.807, 2.05) is 30.3 Å². The molecular weight excluding hydrogens is 248 g/mol. The van der Waals surface area contributed by atoms with Crippen molar-refractivity contribution in [3.8, 4) is 5.75 Å². The Morgan fingerprint density at radius 2 is 1.83 bits per heavy atom. The summed E-state index contributed by atoms with van der Waals surface area (Å²) in [5.41, 5.74) is 0.300. The van der Waals surface area contributed by atoms with Crippen molar-refractivity contribution in [3.05, 3.63) is 54.1 Å². The Bertz CT molecular complexity index is 549. The fourth-order valence-corrected chi connectivity index (χ4v) is 2.35. The minimum absolute atomic E-state index is 0.300. The third kappa shape index (κ3) is 3.05. The summed E-state index contributed by atoms with van der Waals surface area (Å²) in [6.45, 7) is 0. The van der Waals surface area contributed by atoms with Crippen LogP contribution in [0.3, 0.4) is 0 Å². The Balaban J connectivity index is 2.17. The number of hydrogen-bond donors (Lipinski definition) is 1. The molecule has 0 fully saturated rings. The second-order valence-electron chi connectivity index (χ2n) is 3.61. The molecule has 0 amide bonds. The molecule has 0 aromatic heterocycles. The predicted octanol–water partition coefficient (Wildman–Crippen LogP) is 3.54. The molecular formula is C14H12O3S. The smallest absolute Gasteiger partial charge is 0.335 e. The van der Waals surface area contributed by atoms with E-state index in [0.29, 0.717) is 5.56 Å². The summed E-state index contributed by atoms with van der Waals surface area (Å²) in [6.07, 6.45) is 0. The lowest BCUT2D eigenvalue weighted by Crippen LogP contribution is -1.95. The largest absolute Gasteiger partial charge is 0.497 e. The minimum atomic E-state index is -0.910. The molecule has 0 aliphatic rings. The maximum absolute atomic E-state index is 10.9. The van der Waals surface area contributed by atoms with E-state index in [-0.39, 0.29) is 0 Å². The van der Waals surface area contributed by atoms with Gasteiger partial charge in [-0.25, -0.2) is 4.79 Å². The van der Waals surface area contributed by atoms with Crippen LogP contribution in [0.15, 0.2) is 58.3 Å². The SMILES string of the molecule is COc1ccc(Sc2cccc(C(=O)O)c2)cc1. The molecule has 0 atom stereocenters. The van der Waals surface area contributed by atoms with E-state index in [1.165, 1.54) is 11.8 Å². The first kappa shape index (κ1) is 12.5. The maximum Gasteiger partial charge on any atom is 0.335 e. The summed E-state index contributed by atoms with van der Waals surface area (Å²) in [4.78, 5) is 12.8. The van der Waals surface area contributed by atoms with Gasteiger partial charge in [0.1, 0.15) is 5.75 Å². The van der Waals surface area contributed by atoms with E-state index in [4.69, 9.17) is 9.84 Å². The van der Waals surface area contributed by atoms with Crippen molar-refractivity contribution >= 4 is 17.7 Å². The first-order chi connectivity index (χ1) is 8.69. The van der Waals surface area contributed by atoms with Gasteiger partial charge in [-0.3, -0.25) is 0 Å². The lowest BCUT2D eigenvalue weighted by atomic mass is 10.2. The van der Waals surface area contributed by atoms with E-state index in [0.717, 1.165) is 15.5 Å². The molecule has 92 valence electrons. The van der Waals surface area contributed by atoms with Crippen LogP contribution in [-0.4, -0.2) is 18.2 Å². The van der Waals surface area contributed by atoms with E-state index in [1.54, 1.807) is 25.3 Å². The molecule has 0 aliphatic carbocycles. The predicted molar refractivity (Wildman–Crippen MR) is 70.5 cm³/mol. The second kappa shape index (κ2) is 5.60. The van der Waals surface area contributed by atoms with Gasteiger partial charge in [-0.2, -0.15) is 0 Å². The van der Waals surface area contributed by atoms with Crippen molar-refractivity contribution in [2.75, 3.05) is 7.11 Å². The van der Waals surface area contributed by atoms with Gasteiger partial charge >= 0.3 is 5.97 Å². The quantitative estimate of drug-likeness (QED) is 0.913. The Labute approximate surface area is 109 Å². The molecule has 18 heavy (non-hydrogen) atoms. The maximum atomic E-state index is 10.9. The summed E-state index contributed by atoms with van der Waals surface area (Å²) < 4.78 is 5.08. The van der Waals surface area contributed by atoms with E-state index < -0.39 is 5.97 Å².